The molecule has 5 nitrogen and oxygen atoms in total. The summed E-state index contributed by atoms with van der Waals surface area (Å²) >= 11 is 1.46. The van der Waals surface area contributed by atoms with Crippen molar-refractivity contribution in [2.75, 3.05) is 13.2 Å². The number of thiazole rings is 1. The van der Waals surface area contributed by atoms with Crippen LogP contribution in [-0.4, -0.2) is 30.1 Å². The Morgan fingerprint density at radius 3 is 2.32 bits per heavy atom. The topological polar surface area (TPSA) is 65.5 Å². The number of nitrogens with zero attached hydrogens (tertiary/aromatic N) is 1. The largest absolute Gasteiger partial charge is 0.462 e. The summed E-state index contributed by atoms with van der Waals surface area (Å²) in [5, 5.41) is 0.780. The molecule has 1 heterocycles. The highest BCUT2D eigenvalue weighted by atomic mass is 32.1. The van der Waals surface area contributed by atoms with Crippen molar-refractivity contribution in [1.82, 2.24) is 4.98 Å². The molecule has 3 rings (SSSR count). The van der Waals surface area contributed by atoms with Gasteiger partial charge < -0.3 is 9.47 Å². The van der Waals surface area contributed by atoms with Crippen LogP contribution in [0.3, 0.4) is 0 Å². The molecule has 1 aromatic heterocycles. The highest BCUT2D eigenvalue weighted by Crippen LogP contribution is 2.31. The van der Waals surface area contributed by atoms with E-state index < -0.39 is 0 Å². The van der Waals surface area contributed by atoms with Crippen molar-refractivity contribution in [2.24, 2.45) is 0 Å². The monoisotopic (exact) mass is 355 g/mol. The molecular formula is C19H17NO4S. The van der Waals surface area contributed by atoms with Crippen molar-refractivity contribution in [3.05, 3.63) is 53.6 Å². The third-order valence-corrected chi connectivity index (χ3v) is 4.59. The molecule has 0 aliphatic heterocycles. The van der Waals surface area contributed by atoms with Gasteiger partial charge in [-0.15, -0.1) is 11.3 Å². The minimum atomic E-state index is -0.352. The molecule has 0 spiro atoms. The number of hydrogen-bond donors (Lipinski definition) is 0. The summed E-state index contributed by atoms with van der Waals surface area (Å²) in [6, 6.07) is 12.5. The van der Waals surface area contributed by atoms with Crippen molar-refractivity contribution in [3.8, 4) is 10.6 Å². The Labute approximate surface area is 149 Å². The second kappa shape index (κ2) is 7.44. The van der Waals surface area contributed by atoms with Gasteiger partial charge in [-0.05, 0) is 44.2 Å². The summed E-state index contributed by atoms with van der Waals surface area (Å²) in [4.78, 5) is 28.3. The van der Waals surface area contributed by atoms with Gasteiger partial charge in [-0.25, -0.2) is 14.6 Å². The van der Waals surface area contributed by atoms with Crippen LogP contribution in [0.5, 0.6) is 0 Å². The van der Waals surface area contributed by atoms with Crippen LogP contribution in [-0.2, 0) is 9.47 Å². The number of rotatable bonds is 5. The molecule has 128 valence electrons. The Hall–Kier alpha value is -2.73. The highest BCUT2D eigenvalue weighted by Gasteiger charge is 2.13. The molecule has 0 unspecified atom stereocenters. The number of benzene rings is 2. The molecule has 0 aliphatic rings. The third kappa shape index (κ3) is 3.69. The van der Waals surface area contributed by atoms with Crippen LogP contribution in [0.1, 0.15) is 34.6 Å². The van der Waals surface area contributed by atoms with Gasteiger partial charge in [0, 0.05) is 5.56 Å². The lowest BCUT2D eigenvalue weighted by Gasteiger charge is -2.03. The van der Waals surface area contributed by atoms with Gasteiger partial charge >= 0.3 is 11.9 Å². The highest BCUT2D eigenvalue weighted by molar-refractivity contribution is 7.21. The minimum absolute atomic E-state index is 0.334. The molecule has 2 aromatic carbocycles. The van der Waals surface area contributed by atoms with Crippen molar-refractivity contribution >= 4 is 33.5 Å². The van der Waals surface area contributed by atoms with Gasteiger partial charge in [-0.1, -0.05) is 12.1 Å². The van der Waals surface area contributed by atoms with Gasteiger partial charge in [0.15, 0.2) is 0 Å². The molecule has 0 saturated carbocycles. The second-order valence-corrected chi connectivity index (χ2v) is 6.25. The van der Waals surface area contributed by atoms with Gasteiger partial charge in [0.25, 0.3) is 0 Å². The molecule has 0 radical (unpaired) electrons. The predicted octanol–water partition coefficient (Wildman–Crippen LogP) is 4.32. The number of hydrogen-bond acceptors (Lipinski definition) is 6. The van der Waals surface area contributed by atoms with Gasteiger partial charge in [-0.3, -0.25) is 0 Å². The maximum atomic E-state index is 11.9. The van der Waals surface area contributed by atoms with E-state index in [4.69, 9.17) is 9.47 Å². The number of carbonyl (C=O) groups is 2. The fraction of sp³-hybridized carbons (Fsp3) is 0.211. The maximum Gasteiger partial charge on any atom is 0.338 e. The van der Waals surface area contributed by atoms with Crippen LogP contribution in [0.4, 0.5) is 0 Å². The molecule has 6 heteroatoms. The van der Waals surface area contributed by atoms with E-state index in [1.165, 1.54) is 11.3 Å². The van der Waals surface area contributed by atoms with E-state index in [1.54, 1.807) is 50.2 Å². The van der Waals surface area contributed by atoms with E-state index in [1.807, 2.05) is 6.07 Å². The predicted molar refractivity (Wildman–Crippen MR) is 97.0 cm³/mol. The number of esters is 2. The Morgan fingerprint density at radius 1 is 0.960 bits per heavy atom. The maximum absolute atomic E-state index is 11.9. The van der Waals surface area contributed by atoms with Gasteiger partial charge in [0.2, 0.25) is 0 Å². The van der Waals surface area contributed by atoms with Crippen molar-refractivity contribution in [3.63, 3.8) is 0 Å². The molecule has 0 amide bonds. The van der Waals surface area contributed by atoms with Gasteiger partial charge in [0.1, 0.15) is 5.01 Å². The summed E-state index contributed by atoms with van der Waals surface area (Å²) in [6.07, 6.45) is 0. The fourth-order valence-electron chi connectivity index (χ4n) is 2.38. The first-order valence-corrected chi connectivity index (χ1v) is 8.79. The molecule has 0 aliphatic carbocycles. The summed E-state index contributed by atoms with van der Waals surface area (Å²) in [5.74, 6) is -0.696. The van der Waals surface area contributed by atoms with E-state index >= 15 is 0 Å². The molecule has 25 heavy (non-hydrogen) atoms. The lowest BCUT2D eigenvalue weighted by atomic mass is 10.1. The Bertz CT molecular complexity index is 932. The van der Waals surface area contributed by atoms with E-state index in [0.717, 1.165) is 20.8 Å². The first kappa shape index (κ1) is 17.1. The van der Waals surface area contributed by atoms with E-state index in [2.05, 4.69) is 4.98 Å². The lowest BCUT2D eigenvalue weighted by Crippen LogP contribution is -2.04. The average Bonchev–Trinajstić information content (AvgIpc) is 3.05. The first-order chi connectivity index (χ1) is 12.1. The number of aromatic nitrogens is 1. The van der Waals surface area contributed by atoms with Crippen LogP contribution >= 0.6 is 11.3 Å². The molecule has 0 atom stereocenters. The summed E-state index contributed by atoms with van der Waals surface area (Å²) in [7, 11) is 0. The van der Waals surface area contributed by atoms with Gasteiger partial charge in [-0.2, -0.15) is 0 Å². The number of ether oxygens (including phenoxy) is 2. The molecule has 0 fully saturated rings. The quantitative estimate of drug-likeness (QED) is 0.638. The standard InChI is InChI=1S/C19H17NO4S/c1-3-23-18(21)13-7-5-6-12(10-13)17-20-15-9-8-14(11-16(15)25-17)19(22)24-4-2/h5-11H,3-4H2,1-2H3. The Morgan fingerprint density at radius 2 is 1.64 bits per heavy atom. The molecule has 0 N–H and O–H groups in total. The lowest BCUT2D eigenvalue weighted by molar-refractivity contribution is 0.0517. The zero-order valence-electron chi connectivity index (χ0n) is 13.9. The van der Waals surface area contributed by atoms with Crippen LogP contribution in [0, 0.1) is 0 Å². The minimum Gasteiger partial charge on any atom is -0.462 e. The van der Waals surface area contributed by atoms with Gasteiger partial charge in [0.05, 0.1) is 34.6 Å². The fourth-order valence-corrected chi connectivity index (χ4v) is 3.38. The van der Waals surface area contributed by atoms with E-state index in [0.29, 0.717) is 24.3 Å². The normalized spacial score (nSPS) is 10.6. The van der Waals surface area contributed by atoms with Crippen LogP contribution in [0.25, 0.3) is 20.8 Å². The average molecular weight is 355 g/mol. The smallest absolute Gasteiger partial charge is 0.338 e. The van der Waals surface area contributed by atoms with E-state index in [9.17, 15) is 9.59 Å². The molecule has 0 saturated heterocycles. The molecule has 3 aromatic rings. The van der Waals surface area contributed by atoms with E-state index in [-0.39, 0.29) is 11.9 Å². The molecule has 0 bridgehead atoms. The third-order valence-electron chi connectivity index (χ3n) is 3.52. The van der Waals surface area contributed by atoms with Crippen molar-refractivity contribution < 1.29 is 19.1 Å². The summed E-state index contributed by atoms with van der Waals surface area (Å²) < 4.78 is 11.0. The van der Waals surface area contributed by atoms with Crippen LogP contribution in [0.2, 0.25) is 0 Å². The Balaban J connectivity index is 1.95. The number of fused-ring (bicyclic) bond motifs is 1. The van der Waals surface area contributed by atoms with Crippen LogP contribution in [0.15, 0.2) is 42.5 Å². The molecular weight excluding hydrogens is 338 g/mol. The SMILES string of the molecule is CCOC(=O)c1cccc(-c2nc3ccc(C(=O)OCC)cc3s2)c1. The van der Waals surface area contributed by atoms with Crippen molar-refractivity contribution in [1.29, 1.82) is 0 Å². The number of carbonyl (C=O) groups excluding carboxylic acids is 2. The zero-order chi connectivity index (χ0) is 17.8. The van der Waals surface area contributed by atoms with Crippen LogP contribution < -0.4 is 0 Å². The first-order valence-electron chi connectivity index (χ1n) is 7.97. The zero-order valence-corrected chi connectivity index (χ0v) is 14.8. The van der Waals surface area contributed by atoms with Crippen molar-refractivity contribution in [2.45, 2.75) is 13.8 Å². The summed E-state index contributed by atoms with van der Waals surface area (Å²) in [6.45, 7) is 4.22. The second-order valence-electron chi connectivity index (χ2n) is 5.22. The summed E-state index contributed by atoms with van der Waals surface area (Å²) in [5.41, 5.74) is 2.63. The Kier molecular flexibility index (Phi) is 5.09.